The molecule has 0 N–H and O–H groups in total. The second kappa shape index (κ2) is 5.92. The van der Waals surface area contributed by atoms with Crippen LogP contribution in [0.2, 0.25) is 0 Å². The topological polar surface area (TPSA) is 80.5 Å². The summed E-state index contributed by atoms with van der Waals surface area (Å²) in [5.74, 6) is 0. The fourth-order valence-corrected chi connectivity index (χ4v) is 3.66. The standard InChI is InChI=1S/C14H14N2O4S/c1-2-15(12-8-4-3-5-9-12)21(19,20)14-11-7-6-10-13(14)16(17)18/h3-11H,2H2,1H3. The van der Waals surface area contributed by atoms with Crippen LogP contribution in [0.25, 0.3) is 0 Å². The smallest absolute Gasteiger partial charge is 0.266 e. The van der Waals surface area contributed by atoms with Gasteiger partial charge in [0, 0.05) is 12.6 Å². The molecular weight excluding hydrogens is 292 g/mol. The largest absolute Gasteiger partial charge is 0.289 e. The van der Waals surface area contributed by atoms with Crippen LogP contribution in [-0.4, -0.2) is 19.9 Å². The molecule has 0 radical (unpaired) electrons. The maximum atomic E-state index is 12.7. The number of rotatable bonds is 5. The van der Waals surface area contributed by atoms with Crippen LogP contribution in [0.1, 0.15) is 6.92 Å². The lowest BCUT2D eigenvalue weighted by molar-refractivity contribution is -0.387. The number of anilines is 1. The number of nitro benzene ring substituents is 1. The first-order valence-electron chi connectivity index (χ1n) is 6.29. The molecule has 0 spiro atoms. The molecule has 0 bridgehead atoms. The van der Waals surface area contributed by atoms with Gasteiger partial charge in [0.1, 0.15) is 0 Å². The summed E-state index contributed by atoms with van der Waals surface area (Å²) in [6, 6.07) is 13.8. The Hall–Kier alpha value is -2.41. The number of para-hydroxylation sites is 2. The van der Waals surface area contributed by atoms with Gasteiger partial charge in [0.15, 0.2) is 4.90 Å². The maximum Gasteiger partial charge on any atom is 0.289 e. The van der Waals surface area contributed by atoms with E-state index < -0.39 is 20.6 Å². The van der Waals surface area contributed by atoms with Crippen LogP contribution in [0.5, 0.6) is 0 Å². The van der Waals surface area contributed by atoms with Gasteiger partial charge in [-0.3, -0.25) is 14.4 Å². The van der Waals surface area contributed by atoms with Gasteiger partial charge in [0.2, 0.25) is 0 Å². The van der Waals surface area contributed by atoms with E-state index in [0.29, 0.717) is 5.69 Å². The Morgan fingerprint density at radius 3 is 2.19 bits per heavy atom. The second-order valence-electron chi connectivity index (χ2n) is 4.23. The molecule has 0 aliphatic heterocycles. The molecule has 110 valence electrons. The van der Waals surface area contributed by atoms with Crippen molar-refractivity contribution in [1.82, 2.24) is 0 Å². The van der Waals surface area contributed by atoms with Gasteiger partial charge >= 0.3 is 0 Å². The molecule has 2 aromatic rings. The Morgan fingerprint density at radius 2 is 1.62 bits per heavy atom. The number of hydrogen-bond acceptors (Lipinski definition) is 4. The molecule has 21 heavy (non-hydrogen) atoms. The highest BCUT2D eigenvalue weighted by Crippen LogP contribution is 2.29. The van der Waals surface area contributed by atoms with Crippen molar-refractivity contribution in [2.75, 3.05) is 10.8 Å². The molecule has 0 unspecified atom stereocenters. The Kier molecular flexibility index (Phi) is 4.23. The van der Waals surface area contributed by atoms with E-state index in [0.717, 1.165) is 4.31 Å². The van der Waals surface area contributed by atoms with Gasteiger partial charge in [-0.2, -0.15) is 0 Å². The molecule has 2 rings (SSSR count). The van der Waals surface area contributed by atoms with Crippen LogP contribution in [0.3, 0.4) is 0 Å². The summed E-state index contributed by atoms with van der Waals surface area (Å²) in [5.41, 5.74) is 0.0463. The third kappa shape index (κ3) is 2.87. The van der Waals surface area contributed by atoms with Crippen LogP contribution in [0.4, 0.5) is 11.4 Å². The van der Waals surface area contributed by atoms with Crippen molar-refractivity contribution in [2.45, 2.75) is 11.8 Å². The zero-order chi connectivity index (χ0) is 15.5. The third-order valence-corrected chi connectivity index (χ3v) is 4.91. The molecule has 0 heterocycles. The molecule has 0 fully saturated rings. The number of benzene rings is 2. The first-order valence-corrected chi connectivity index (χ1v) is 7.73. The molecule has 0 saturated heterocycles. The van der Waals surface area contributed by atoms with E-state index in [1.54, 1.807) is 37.3 Å². The van der Waals surface area contributed by atoms with E-state index in [2.05, 4.69) is 0 Å². The minimum Gasteiger partial charge on any atom is -0.266 e. The van der Waals surface area contributed by atoms with Gasteiger partial charge in [0.25, 0.3) is 15.7 Å². The quantitative estimate of drug-likeness (QED) is 0.628. The SMILES string of the molecule is CCN(c1ccccc1)S(=O)(=O)c1ccccc1[N+](=O)[O-]. The minimum atomic E-state index is -3.99. The summed E-state index contributed by atoms with van der Waals surface area (Å²) in [5, 5.41) is 11.0. The summed E-state index contributed by atoms with van der Waals surface area (Å²) in [4.78, 5) is 10.0. The lowest BCUT2D eigenvalue weighted by Crippen LogP contribution is -2.31. The Morgan fingerprint density at radius 1 is 1.05 bits per heavy atom. The average molecular weight is 306 g/mol. The fraction of sp³-hybridized carbons (Fsp3) is 0.143. The highest BCUT2D eigenvalue weighted by Gasteiger charge is 2.30. The fourth-order valence-electron chi connectivity index (χ4n) is 2.03. The molecule has 2 aromatic carbocycles. The maximum absolute atomic E-state index is 12.7. The molecule has 6 nitrogen and oxygen atoms in total. The van der Waals surface area contributed by atoms with Crippen molar-refractivity contribution >= 4 is 21.4 Å². The Labute approximate surface area is 122 Å². The summed E-state index contributed by atoms with van der Waals surface area (Å²) in [7, 11) is -3.99. The van der Waals surface area contributed by atoms with Crippen molar-refractivity contribution in [2.24, 2.45) is 0 Å². The van der Waals surface area contributed by atoms with E-state index in [1.165, 1.54) is 24.3 Å². The van der Waals surface area contributed by atoms with Crippen LogP contribution >= 0.6 is 0 Å². The summed E-state index contributed by atoms with van der Waals surface area (Å²) in [6.45, 7) is 1.86. The van der Waals surface area contributed by atoms with Crippen molar-refractivity contribution < 1.29 is 13.3 Å². The monoisotopic (exact) mass is 306 g/mol. The number of nitrogens with zero attached hydrogens (tertiary/aromatic N) is 2. The lowest BCUT2D eigenvalue weighted by atomic mass is 10.3. The summed E-state index contributed by atoms with van der Waals surface area (Å²) >= 11 is 0. The van der Waals surface area contributed by atoms with Crippen molar-refractivity contribution in [3.8, 4) is 0 Å². The van der Waals surface area contributed by atoms with Crippen molar-refractivity contribution in [3.05, 3.63) is 64.7 Å². The van der Waals surface area contributed by atoms with Crippen molar-refractivity contribution in [1.29, 1.82) is 0 Å². The average Bonchev–Trinajstić information content (AvgIpc) is 2.49. The van der Waals surface area contributed by atoms with Gasteiger partial charge in [-0.1, -0.05) is 30.3 Å². The molecular formula is C14H14N2O4S. The predicted molar refractivity (Wildman–Crippen MR) is 79.7 cm³/mol. The lowest BCUT2D eigenvalue weighted by Gasteiger charge is -2.22. The molecule has 0 amide bonds. The van der Waals surface area contributed by atoms with Crippen LogP contribution in [-0.2, 0) is 10.0 Å². The van der Waals surface area contributed by atoms with Gasteiger partial charge < -0.3 is 0 Å². The van der Waals surface area contributed by atoms with E-state index in [-0.39, 0.29) is 11.4 Å². The molecule has 0 atom stereocenters. The Bertz CT molecular complexity index is 745. The van der Waals surface area contributed by atoms with Gasteiger partial charge in [-0.05, 0) is 25.1 Å². The van der Waals surface area contributed by atoms with E-state index in [1.807, 2.05) is 0 Å². The van der Waals surface area contributed by atoms with E-state index in [4.69, 9.17) is 0 Å². The number of hydrogen-bond donors (Lipinski definition) is 0. The third-order valence-electron chi connectivity index (χ3n) is 2.96. The summed E-state index contributed by atoms with van der Waals surface area (Å²) < 4.78 is 26.6. The first-order chi connectivity index (χ1) is 9.98. The van der Waals surface area contributed by atoms with Crippen LogP contribution in [0.15, 0.2) is 59.5 Å². The molecule has 7 heteroatoms. The number of nitro groups is 1. The van der Waals surface area contributed by atoms with Crippen LogP contribution in [0, 0.1) is 10.1 Å². The Balaban J connectivity index is 2.59. The molecule has 0 aromatic heterocycles. The minimum absolute atomic E-state index is 0.179. The normalized spacial score (nSPS) is 11.1. The highest BCUT2D eigenvalue weighted by molar-refractivity contribution is 7.93. The second-order valence-corrected chi connectivity index (χ2v) is 6.06. The van der Waals surface area contributed by atoms with E-state index >= 15 is 0 Å². The van der Waals surface area contributed by atoms with Gasteiger partial charge in [0.05, 0.1) is 10.6 Å². The summed E-state index contributed by atoms with van der Waals surface area (Å²) in [6.07, 6.45) is 0. The molecule has 0 saturated carbocycles. The first kappa shape index (κ1) is 15.0. The van der Waals surface area contributed by atoms with Crippen LogP contribution < -0.4 is 4.31 Å². The van der Waals surface area contributed by atoms with Crippen molar-refractivity contribution in [3.63, 3.8) is 0 Å². The molecule has 0 aliphatic rings. The molecule has 0 aliphatic carbocycles. The predicted octanol–water partition coefficient (Wildman–Crippen LogP) is 2.81. The highest BCUT2D eigenvalue weighted by atomic mass is 32.2. The number of sulfonamides is 1. The zero-order valence-electron chi connectivity index (χ0n) is 11.3. The van der Waals surface area contributed by atoms with Gasteiger partial charge in [-0.15, -0.1) is 0 Å². The van der Waals surface area contributed by atoms with E-state index in [9.17, 15) is 18.5 Å². The zero-order valence-corrected chi connectivity index (χ0v) is 12.2. The van der Waals surface area contributed by atoms with Gasteiger partial charge in [-0.25, -0.2) is 8.42 Å².